The van der Waals surface area contributed by atoms with E-state index in [1.807, 2.05) is 7.05 Å². The summed E-state index contributed by atoms with van der Waals surface area (Å²) in [6.07, 6.45) is 11.8. The minimum absolute atomic E-state index is 0. The Morgan fingerprint density at radius 2 is 1.56 bits per heavy atom. The fourth-order valence-corrected chi connectivity index (χ4v) is 3.82. The molecule has 1 N–H and O–H groups in total. The number of halogens is 1. The summed E-state index contributed by atoms with van der Waals surface area (Å²) >= 11 is 0. The summed E-state index contributed by atoms with van der Waals surface area (Å²) in [5.41, 5.74) is 0. The number of hydrogen-bond acceptors (Lipinski definition) is 4. The average Bonchev–Trinajstić information content (AvgIpc) is 2.95. The van der Waals surface area contributed by atoms with Crippen LogP contribution in [-0.2, 0) is 14.2 Å². The maximum Gasteiger partial charge on any atom is 0.193 e. The molecule has 2 rings (SSSR count). The number of ether oxygens (including phenoxy) is 3. The molecule has 0 aromatic carbocycles. The molecule has 0 radical (unpaired) electrons. The molecule has 27 heavy (non-hydrogen) atoms. The summed E-state index contributed by atoms with van der Waals surface area (Å²) in [6.45, 7) is 5.16. The summed E-state index contributed by atoms with van der Waals surface area (Å²) < 4.78 is 17.1. The third kappa shape index (κ3) is 10.3. The van der Waals surface area contributed by atoms with Crippen molar-refractivity contribution in [1.29, 1.82) is 0 Å². The molecule has 0 bridgehead atoms. The molecule has 0 amide bonds. The predicted molar refractivity (Wildman–Crippen MR) is 121 cm³/mol. The number of piperidine rings is 1. The average molecular weight is 497 g/mol. The van der Waals surface area contributed by atoms with E-state index in [0.717, 1.165) is 64.7 Å². The molecule has 1 heterocycles. The van der Waals surface area contributed by atoms with Gasteiger partial charge in [-0.25, -0.2) is 0 Å². The fraction of sp³-hybridized carbons (Fsp3) is 0.950. The smallest absolute Gasteiger partial charge is 0.193 e. The lowest BCUT2D eigenvalue weighted by molar-refractivity contribution is 0.00966. The van der Waals surface area contributed by atoms with Gasteiger partial charge in [-0.15, -0.1) is 24.0 Å². The Hall–Kier alpha value is -0.120. The summed E-state index contributed by atoms with van der Waals surface area (Å²) in [4.78, 5) is 6.78. The molecule has 6 nitrogen and oxygen atoms in total. The summed E-state index contributed by atoms with van der Waals surface area (Å²) in [5, 5.41) is 3.46. The van der Waals surface area contributed by atoms with Crippen molar-refractivity contribution in [2.24, 2.45) is 4.99 Å². The van der Waals surface area contributed by atoms with Gasteiger partial charge >= 0.3 is 0 Å². The fourth-order valence-electron chi connectivity index (χ4n) is 3.82. The van der Waals surface area contributed by atoms with Crippen molar-refractivity contribution in [3.05, 3.63) is 0 Å². The van der Waals surface area contributed by atoms with E-state index in [4.69, 9.17) is 14.2 Å². The van der Waals surface area contributed by atoms with Gasteiger partial charge in [-0.2, -0.15) is 0 Å². The van der Waals surface area contributed by atoms with Crippen molar-refractivity contribution in [2.45, 2.75) is 70.0 Å². The van der Waals surface area contributed by atoms with Crippen LogP contribution in [0.2, 0.25) is 0 Å². The molecule has 2 fully saturated rings. The maximum absolute atomic E-state index is 6.06. The van der Waals surface area contributed by atoms with Gasteiger partial charge in [0.1, 0.15) is 0 Å². The lowest BCUT2D eigenvalue weighted by atomic mass is 10.1. The summed E-state index contributed by atoms with van der Waals surface area (Å²) in [5.74, 6) is 0.993. The van der Waals surface area contributed by atoms with Crippen LogP contribution in [0, 0.1) is 0 Å². The Kier molecular flexibility index (Phi) is 14.5. The van der Waals surface area contributed by atoms with E-state index in [1.165, 1.54) is 38.5 Å². The molecular formula is C20H40IN3O3. The lowest BCUT2D eigenvalue weighted by Gasteiger charge is -2.34. The van der Waals surface area contributed by atoms with Crippen LogP contribution in [-0.4, -0.2) is 76.7 Å². The van der Waals surface area contributed by atoms with Crippen molar-refractivity contribution in [1.82, 2.24) is 10.2 Å². The first-order valence-corrected chi connectivity index (χ1v) is 10.5. The molecule has 7 heteroatoms. The lowest BCUT2D eigenvalue weighted by Crippen LogP contribution is -2.47. The molecule has 0 aromatic heterocycles. The standard InChI is InChI=1S/C20H39N3O3.HI/c1-21-20(22-12-17-26-18-8-5-3-4-6-9-18)23-13-10-19(11-14-23)25-16-7-15-24-2;/h18-19H,3-17H2,1-2H3,(H,21,22);1H. The Balaban J connectivity index is 0.00000364. The first-order valence-electron chi connectivity index (χ1n) is 10.5. The molecule has 2 aliphatic rings. The van der Waals surface area contributed by atoms with E-state index in [-0.39, 0.29) is 24.0 Å². The molecule has 1 aliphatic heterocycles. The van der Waals surface area contributed by atoms with Crippen LogP contribution < -0.4 is 5.32 Å². The van der Waals surface area contributed by atoms with Gasteiger partial charge < -0.3 is 24.4 Å². The van der Waals surface area contributed by atoms with E-state index in [9.17, 15) is 0 Å². The third-order valence-electron chi connectivity index (χ3n) is 5.34. The number of aliphatic imine (C=N–C) groups is 1. The summed E-state index contributed by atoms with van der Waals surface area (Å²) in [6, 6.07) is 0. The number of methoxy groups -OCH3 is 1. The minimum Gasteiger partial charge on any atom is -0.385 e. The Labute approximate surface area is 182 Å². The van der Waals surface area contributed by atoms with E-state index >= 15 is 0 Å². The van der Waals surface area contributed by atoms with Crippen LogP contribution in [0.1, 0.15) is 57.8 Å². The number of nitrogens with zero attached hydrogens (tertiary/aromatic N) is 2. The van der Waals surface area contributed by atoms with Crippen molar-refractivity contribution in [2.75, 3.05) is 53.6 Å². The highest BCUT2D eigenvalue weighted by atomic mass is 127. The molecule has 1 saturated heterocycles. The van der Waals surface area contributed by atoms with Gasteiger partial charge in [0.05, 0.1) is 18.8 Å². The van der Waals surface area contributed by atoms with Gasteiger partial charge in [-0.1, -0.05) is 25.7 Å². The van der Waals surface area contributed by atoms with E-state index in [1.54, 1.807) is 7.11 Å². The molecule has 1 aliphatic carbocycles. The van der Waals surface area contributed by atoms with Crippen LogP contribution >= 0.6 is 24.0 Å². The van der Waals surface area contributed by atoms with Crippen molar-refractivity contribution < 1.29 is 14.2 Å². The maximum atomic E-state index is 6.06. The minimum atomic E-state index is 0. The Morgan fingerprint density at radius 1 is 0.926 bits per heavy atom. The second-order valence-electron chi connectivity index (χ2n) is 7.36. The van der Waals surface area contributed by atoms with E-state index < -0.39 is 0 Å². The monoisotopic (exact) mass is 497 g/mol. The zero-order valence-corrected chi connectivity index (χ0v) is 19.6. The van der Waals surface area contributed by atoms with Crippen molar-refractivity contribution >= 4 is 29.9 Å². The second-order valence-corrected chi connectivity index (χ2v) is 7.36. The van der Waals surface area contributed by atoms with E-state index in [0.29, 0.717) is 12.2 Å². The van der Waals surface area contributed by atoms with Gasteiger partial charge in [-0.3, -0.25) is 4.99 Å². The molecule has 1 saturated carbocycles. The molecule has 0 spiro atoms. The van der Waals surface area contributed by atoms with Gasteiger partial charge in [0.2, 0.25) is 0 Å². The number of rotatable bonds is 9. The van der Waals surface area contributed by atoms with Crippen LogP contribution in [0.3, 0.4) is 0 Å². The third-order valence-corrected chi connectivity index (χ3v) is 5.34. The van der Waals surface area contributed by atoms with Gasteiger partial charge in [0.25, 0.3) is 0 Å². The first kappa shape index (κ1) is 24.9. The zero-order valence-electron chi connectivity index (χ0n) is 17.3. The van der Waals surface area contributed by atoms with Crippen molar-refractivity contribution in [3.63, 3.8) is 0 Å². The SMILES string of the molecule is CN=C(NCCOC1CCCCCC1)N1CCC(OCCCOC)CC1.I. The number of hydrogen-bond donors (Lipinski definition) is 1. The zero-order chi connectivity index (χ0) is 18.5. The normalized spacial score (nSPS) is 20.2. The highest BCUT2D eigenvalue weighted by Gasteiger charge is 2.21. The number of guanidine groups is 1. The molecular weight excluding hydrogens is 457 g/mol. The molecule has 0 atom stereocenters. The summed E-state index contributed by atoms with van der Waals surface area (Å²) in [7, 11) is 3.60. The Morgan fingerprint density at radius 3 is 2.19 bits per heavy atom. The van der Waals surface area contributed by atoms with E-state index in [2.05, 4.69) is 15.2 Å². The second kappa shape index (κ2) is 15.8. The number of likely N-dealkylation sites (tertiary alicyclic amines) is 1. The molecule has 0 aromatic rings. The van der Waals surface area contributed by atoms with Crippen molar-refractivity contribution in [3.8, 4) is 0 Å². The highest BCUT2D eigenvalue weighted by Crippen LogP contribution is 2.19. The van der Waals surface area contributed by atoms with Gasteiger partial charge in [0, 0.05) is 47.0 Å². The molecule has 160 valence electrons. The quantitative estimate of drug-likeness (QED) is 0.174. The van der Waals surface area contributed by atoms with Gasteiger partial charge in [-0.05, 0) is 32.1 Å². The van der Waals surface area contributed by atoms with Crippen LogP contribution in [0.4, 0.5) is 0 Å². The van der Waals surface area contributed by atoms with Crippen LogP contribution in [0.15, 0.2) is 4.99 Å². The van der Waals surface area contributed by atoms with Gasteiger partial charge in [0.15, 0.2) is 5.96 Å². The highest BCUT2D eigenvalue weighted by molar-refractivity contribution is 14.0. The van der Waals surface area contributed by atoms with Crippen LogP contribution in [0.25, 0.3) is 0 Å². The topological polar surface area (TPSA) is 55.3 Å². The first-order chi connectivity index (χ1) is 12.8. The Bertz CT molecular complexity index is 383. The largest absolute Gasteiger partial charge is 0.385 e. The van der Waals surface area contributed by atoms with Crippen LogP contribution in [0.5, 0.6) is 0 Å². The predicted octanol–water partition coefficient (Wildman–Crippen LogP) is 3.44. The number of nitrogens with one attached hydrogen (secondary N) is 1. The molecule has 0 unspecified atom stereocenters.